The van der Waals surface area contributed by atoms with E-state index in [4.69, 9.17) is 33.2 Å². The average molecular weight is 1390 g/mol. The van der Waals surface area contributed by atoms with Crippen molar-refractivity contribution >= 4 is 159 Å². The lowest BCUT2D eigenvalue weighted by molar-refractivity contribution is 0.668. The molecule has 8 nitrogen and oxygen atoms in total. The first-order valence-electron chi connectivity index (χ1n) is 36.2. The number of para-hydroxylation sites is 2. The van der Waals surface area contributed by atoms with Gasteiger partial charge < -0.3 is 18.6 Å². The molecule has 1 N–H and O–H groups in total. The standard InChI is InChI=1S/C98H59N5O3S/c1-2-17-63(18-3-1)95-101-96(103-98(102-95)81-52-72(55-88-93(81)79-24-9-12-27-85(79)105-88)68-43-45-76-75-22-10-13-28-89(75)107-90(76)56-68)64-37-31-60(32-38-64)59-29-35-61(36-30-59)73-25-14-21-62-41-46-77-74-44-42-67(53-86(74)106-94(77)91(62)73)71-51-80(92-78-23-8-11-26-84(78)104-87(92)54-71)97-99-82(69-39-33-57-15-4-6-19-65(57)49-69)47-48-83(100-97)70-40-34-58-16-5-7-20-66(58)50-70/h1-47,49-56,96H,48H2,(H,101,102,103). The summed E-state index contributed by atoms with van der Waals surface area (Å²) < 4.78 is 23.2. The molecule has 16 aromatic carbocycles. The Labute approximate surface area is 617 Å². The summed E-state index contributed by atoms with van der Waals surface area (Å²) in [7, 11) is 0. The summed E-state index contributed by atoms with van der Waals surface area (Å²) in [6, 6.07) is 116. The second kappa shape index (κ2) is 24.4. The molecular formula is C98H59N5O3S. The summed E-state index contributed by atoms with van der Waals surface area (Å²) in [5.41, 5.74) is 20.9. The molecule has 1 atom stereocenters. The van der Waals surface area contributed by atoms with Gasteiger partial charge in [0.2, 0.25) is 0 Å². The molecule has 4 aromatic heterocycles. The lowest BCUT2D eigenvalue weighted by Crippen LogP contribution is -2.33. The number of hydrogen-bond donors (Lipinski definition) is 1. The van der Waals surface area contributed by atoms with Gasteiger partial charge in [-0.15, -0.1) is 11.3 Å². The molecule has 0 aliphatic carbocycles. The van der Waals surface area contributed by atoms with E-state index < -0.39 is 6.17 Å². The molecule has 0 saturated carbocycles. The zero-order valence-electron chi connectivity index (χ0n) is 57.5. The summed E-state index contributed by atoms with van der Waals surface area (Å²) in [6.07, 6.45) is 2.38. The van der Waals surface area contributed by atoms with Crippen LogP contribution in [0.3, 0.4) is 0 Å². The third-order valence-electron chi connectivity index (χ3n) is 21.6. The normalized spacial score (nSPS) is 14.2. The summed E-state index contributed by atoms with van der Waals surface area (Å²) in [5, 5.41) is 19.2. The van der Waals surface area contributed by atoms with E-state index in [0.717, 1.165) is 182 Å². The van der Waals surface area contributed by atoms with E-state index in [1.165, 1.54) is 30.9 Å². The van der Waals surface area contributed by atoms with Crippen LogP contribution in [0.1, 0.15) is 46.0 Å². The van der Waals surface area contributed by atoms with Crippen LogP contribution in [-0.4, -0.2) is 23.2 Å². The van der Waals surface area contributed by atoms with Crippen LogP contribution in [0, 0.1) is 0 Å². The van der Waals surface area contributed by atoms with E-state index in [1.54, 1.807) is 0 Å². The van der Waals surface area contributed by atoms with Gasteiger partial charge in [0.25, 0.3) is 0 Å². The predicted molar refractivity (Wildman–Crippen MR) is 446 cm³/mol. The lowest BCUT2D eigenvalue weighted by atomic mass is 9.94. The van der Waals surface area contributed by atoms with Crippen molar-refractivity contribution in [1.29, 1.82) is 0 Å². The molecule has 0 bridgehead atoms. The highest BCUT2D eigenvalue weighted by Gasteiger charge is 2.27. The highest BCUT2D eigenvalue weighted by Crippen LogP contribution is 2.45. The Kier molecular flexibility index (Phi) is 13.8. The Balaban J connectivity index is 0.605. The van der Waals surface area contributed by atoms with Crippen molar-refractivity contribution in [3.63, 3.8) is 0 Å². The Hall–Kier alpha value is -13.9. The zero-order chi connectivity index (χ0) is 70.2. The fourth-order valence-electron chi connectivity index (χ4n) is 16.3. The number of furan rings is 3. The smallest absolute Gasteiger partial charge is 0.160 e. The van der Waals surface area contributed by atoms with Gasteiger partial charge in [-0.2, -0.15) is 0 Å². The van der Waals surface area contributed by atoms with Gasteiger partial charge in [0.05, 0.1) is 11.4 Å². The highest BCUT2D eigenvalue weighted by molar-refractivity contribution is 7.25. The van der Waals surface area contributed by atoms with Crippen molar-refractivity contribution in [3.8, 4) is 44.5 Å². The van der Waals surface area contributed by atoms with E-state index in [1.807, 2.05) is 41.7 Å². The van der Waals surface area contributed by atoms with Crippen molar-refractivity contribution < 1.29 is 13.3 Å². The third-order valence-corrected chi connectivity index (χ3v) is 22.7. The first kappa shape index (κ1) is 60.7. The van der Waals surface area contributed by atoms with Crippen molar-refractivity contribution in [2.45, 2.75) is 12.6 Å². The molecule has 500 valence electrons. The second-order valence-corrected chi connectivity index (χ2v) is 29.0. The molecule has 6 heterocycles. The molecule has 0 fully saturated rings. The maximum Gasteiger partial charge on any atom is 0.160 e. The van der Waals surface area contributed by atoms with Crippen LogP contribution in [0.4, 0.5) is 0 Å². The van der Waals surface area contributed by atoms with Crippen molar-refractivity contribution in [1.82, 2.24) is 5.32 Å². The van der Waals surface area contributed by atoms with Crippen LogP contribution in [0.2, 0.25) is 0 Å². The number of nitrogens with zero attached hydrogens (tertiary/aromatic N) is 4. The van der Waals surface area contributed by atoms with Crippen LogP contribution in [0.5, 0.6) is 0 Å². The Morgan fingerprint density at radius 3 is 1.57 bits per heavy atom. The minimum Gasteiger partial charge on any atom is -0.456 e. The number of aliphatic imine (C=N–C) groups is 4. The monoisotopic (exact) mass is 1390 g/mol. The number of fused-ring (bicyclic) bond motifs is 16. The molecule has 0 amide bonds. The predicted octanol–water partition coefficient (Wildman–Crippen LogP) is 26.1. The van der Waals surface area contributed by atoms with Gasteiger partial charge in [0, 0.05) is 86.6 Å². The molecular weight excluding hydrogens is 1330 g/mol. The average Bonchev–Trinajstić information content (AvgIpc) is 1.65. The number of thiophene rings is 1. The molecule has 107 heavy (non-hydrogen) atoms. The molecule has 0 saturated heterocycles. The van der Waals surface area contributed by atoms with Crippen molar-refractivity contribution in [3.05, 3.63) is 367 Å². The number of benzene rings is 16. The maximum absolute atomic E-state index is 7.17. The molecule has 20 aromatic rings. The number of amidine groups is 3. The fourth-order valence-corrected chi connectivity index (χ4v) is 17.4. The summed E-state index contributed by atoms with van der Waals surface area (Å²) in [6.45, 7) is 0. The number of allylic oxidation sites excluding steroid dienone is 1. The second-order valence-electron chi connectivity index (χ2n) is 27.9. The summed E-state index contributed by atoms with van der Waals surface area (Å²) >= 11 is 1.82. The van der Waals surface area contributed by atoms with Crippen LogP contribution < -0.4 is 5.32 Å². The number of nitrogens with one attached hydrogen (secondary N) is 1. The van der Waals surface area contributed by atoms with Gasteiger partial charge in [-0.3, -0.25) is 0 Å². The SMILES string of the molecule is C1=C(c2ccc3ccccc3c2)N=C(c2cc(-c3ccc4c(c3)oc3c4ccc4cccc(-c5ccc(-c6ccc(C7N=C(c8cc(-c9ccc%10c(c9)sc9ccccc9%10)cc9oc%10ccccc%10c89)N=C(c8ccccc8)N7)cc6)cc5)c43)cc3oc4ccccc4c23)N=C(c2ccc3ccccc3c2)C1. The topological polar surface area (TPSA) is 101 Å². The molecule has 0 radical (unpaired) electrons. The van der Waals surface area contributed by atoms with E-state index in [0.29, 0.717) is 18.1 Å². The van der Waals surface area contributed by atoms with Crippen LogP contribution in [-0.2, 0) is 0 Å². The zero-order valence-corrected chi connectivity index (χ0v) is 58.3. The molecule has 1 unspecified atom stereocenters. The molecule has 2 aliphatic heterocycles. The third kappa shape index (κ3) is 10.3. The van der Waals surface area contributed by atoms with Gasteiger partial charge in [-0.1, -0.05) is 255 Å². The van der Waals surface area contributed by atoms with Crippen LogP contribution in [0.15, 0.2) is 367 Å². The maximum atomic E-state index is 7.17. The van der Waals surface area contributed by atoms with Crippen LogP contribution >= 0.6 is 11.3 Å². The van der Waals surface area contributed by atoms with E-state index >= 15 is 0 Å². The van der Waals surface area contributed by atoms with Gasteiger partial charge in [-0.25, -0.2) is 20.0 Å². The Morgan fingerprint density at radius 1 is 0.299 bits per heavy atom. The molecule has 22 rings (SSSR count). The fraction of sp³-hybridized carbons (Fsp3) is 0.0204. The highest BCUT2D eigenvalue weighted by atomic mass is 32.1. The van der Waals surface area contributed by atoms with E-state index in [9.17, 15) is 0 Å². The molecule has 2 aliphatic rings. The van der Waals surface area contributed by atoms with Gasteiger partial charge in [-0.05, 0) is 161 Å². The first-order valence-corrected chi connectivity index (χ1v) is 37.0. The molecule has 9 heteroatoms. The quantitative estimate of drug-likeness (QED) is 0.147. The van der Waals surface area contributed by atoms with Crippen molar-refractivity contribution in [2.24, 2.45) is 20.0 Å². The Morgan fingerprint density at radius 2 is 0.841 bits per heavy atom. The Bertz CT molecular complexity index is 7310. The number of hydrogen-bond acceptors (Lipinski definition) is 9. The minimum atomic E-state index is -0.444. The van der Waals surface area contributed by atoms with Gasteiger partial charge in [0.15, 0.2) is 11.7 Å². The van der Waals surface area contributed by atoms with Crippen LogP contribution in [0.25, 0.3) is 169 Å². The number of rotatable bonds is 10. The minimum absolute atomic E-state index is 0.444. The van der Waals surface area contributed by atoms with E-state index in [-0.39, 0.29) is 0 Å². The van der Waals surface area contributed by atoms with Crippen molar-refractivity contribution in [2.75, 3.05) is 0 Å². The van der Waals surface area contributed by atoms with Gasteiger partial charge in [0.1, 0.15) is 45.5 Å². The first-order chi connectivity index (χ1) is 52.9. The largest absolute Gasteiger partial charge is 0.456 e. The van der Waals surface area contributed by atoms with E-state index in [2.05, 4.69) is 309 Å². The lowest BCUT2D eigenvalue weighted by Gasteiger charge is -2.24. The summed E-state index contributed by atoms with van der Waals surface area (Å²) in [5.74, 6) is 2.00. The summed E-state index contributed by atoms with van der Waals surface area (Å²) in [4.78, 5) is 22.1. The van der Waals surface area contributed by atoms with Gasteiger partial charge >= 0.3 is 0 Å². The molecule has 0 spiro atoms.